The van der Waals surface area contributed by atoms with E-state index in [1.54, 1.807) is 0 Å². The number of hydrogen-bond donors (Lipinski definition) is 0. The monoisotopic (exact) mass is 310 g/mol. The number of aryl methyl sites for hydroxylation is 1. The normalized spacial score (nSPS) is 25.3. The van der Waals surface area contributed by atoms with Crippen molar-refractivity contribution in [3.63, 3.8) is 0 Å². The van der Waals surface area contributed by atoms with Crippen molar-refractivity contribution in [2.45, 2.75) is 38.6 Å². The first kappa shape index (κ1) is 16.1. The Bertz CT molecular complexity index is 622. The van der Waals surface area contributed by atoms with Gasteiger partial charge in [0.25, 0.3) is 0 Å². The van der Waals surface area contributed by atoms with Gasteiger partial charge in [-0.05, 0) is 57.0 Å². The average molecular weight is 310 g/mol. The molecule has 0 aromatic heterocycles. The molecule has 2 heterocycles. The molecular formula is C20H26N2O. The second-order valence-corrected chi connectivity index (χ2v) is 6.90. The summed E-state index contributed by atoms with van der Waals surface area (Å²) in [4.78, 5) is 16.8. The van der Waals surface area contributed by atoms with Crippen LogP contribution in [0, 0.1) is 24.7 Å². The summed E-state index contributed by atoms with van der Waals surface area (Å²) in [6.07, 6.45) is 4.74. The second-order valence-electron chi connectivity index (χ2n) is 6.90. The molecule has 0 spiro atoms. The van der Waals surface area contributed by atoms with Crippen molar-refractivity contribution < 1.29 is 4.79 Å². The molecule has 1 amide bonds. The van der Waals surface area contributed by atoms with E-state index in [-0.39, 0.29) is 17.9 Å². The van der Waals surface area contributed by atoms with Gasteiger partial charge >= 0.3 is 0 Å². The fourth-order valence-electron chi connectivity index (χ4n) is 3.62. The fraction of sp³-hybridized carbons (Fsp3) is 0.550. The van der Waals surface area contributed by atoms with E-state index in [2.05, 4.69) is 35.8 Å². The van der Waals surface area contributed by atoms with Crippen molar-refractivity contribution in [3.8, 4) is 11.8 Å². The number of nitrogens with zero attached hydrogens (tertiary/aromatic N) is 2. The summed E-state index contributed by atoms with van der Waals surface area (Å²) < 4.78 is 0. The van der Waals surface area contributed by atoms with Crippen LogP contribution in [0.3, 0.4) is 0 Å². The van der Waals surface area contributed by atoms with Crippen LogP contribution in [0.5, 0.6) is 0 Å². The molecule has 2 fully saturated rings. The van der Waals surface area contributed by atoms with E-state index in [1.165, 1.54) is 24.8 Å². The minimum Gasteiger partial charge on any atom is -0.332 e. The van der Waals surface area contributed by atoms with Crippen molar-refractivity contribution in [1.82, 2.24) is 9.80 Å². The van der Waals surface area contributed by atoms with Crippen LogP contribution in [0.1, 0.15) is 36.8 Å². The Labute approximate surface area is 139 Å². The molecule has 2 aliphatic rings. The number of carbonyl (C=O) groups is 1. The molecule has 0 radical (unpaired) electrons. The van der Waals surface area contributed by atoms with Crippen LogP contribution in [0.4, 0.5) is 0 Å². The maximum Gasteiger partial charge on any atom is 0.227 e. The zero-order valence-corrected chi connectivity index (χ0v) is 14.2. The van der Waals surface area contributed by atoms with Gasteiger partial charge in [-0.3, -0.25) is 4.79 Å². The van der Waals surface area contributed by atoms with E-state index < -0.39 is 0 Å². The highest BCUT2D eigenvalue weighted by Crippen LogP contribution is 2.25. The maximum atomic E-state index is 12.5. The van der Waals surface area contributed by atoms with Gasteiger partial charge in [-0.2, -0.15) is 0 Å². The number of hydrogen-bond acceptors (Lipinski definition) is 2. The molecule has 0 aliphatic carbocycles. The van der Waals surface area contributed by atoms with E-state index in [0.29, 0.717) is 0 Å². The summed E-state index contributed by atoms with van der Waals surface area (Å²) in [6, 6.07) is 8.28. The molecule has 2 saturated heterocycles. The highest BCUT2D eigenvalue weighted by Gasteiger charge is 2.37. The molecule has 0 N–H and O–H groups in total. The van der Waals surface area contributed by atoms with Gasteiger partial charge in [-0.1, -0.05) is 30.4 Å². The maximum absolute atomic E-state index is 12.5. The number of piperidine rings is 1. The fourth-order valence-corrected chi connectivity index (χ4v) is 3.62. The Morgan fingerprint density at radius 1 is 1.22 bits per heavy atom. The van der Waals surface area contributed by atoms with E-state index in [9.17, 15) is 4.79 Å². The van der Waals surface area contributed by atoms with Gasteiger partial charge in [-0.25, -0.2) is 0 Å². The van der Waals surface area contributed by atoms with Crippen molar-refractivity contribution in [2.75, 3.05) is 26.7 Å². The molecule has 0 saturated carbocycles. The third-order valence-corrected chi connectivity index (χ3v) is 5.00. The quantitative estimate of drug-likeness (QED) is 0.784. The van der Waals surface area contributed by atoms with Crippen LogP contribution in [0.2, 0.25) is 0 Å². The first-order chi connectivity index (χ1) is 11.1. The highest BCUT2D eigenvalue weighted by atomic mass is 16.2. The summed E-state index contributed by atoms with van der Waals surface area (Å²) in [7, 11) is 1.90. The summed E-state index contributed by atoms with van der Waals surface area (Å²) >= 11 is 0. The highest BCUT2D eigenvalue weighted by molar-refractivity contribution is 5.82. The first-order valence-electron chi connectivity index (χ1n) is 8.71. The molecule has 23 heavy (non-hydrogen) atoms. The Morgan fingerprint density at radius 3 is 2.74 bits per heavy atom. The summed E-state index contributed by atoms with van der Waals surface area (Å²) in [6.45, 7) is 5.27. The van der Waals surface area contributed by atoms with Gasteiger partial charge < -0.3 is 9.80 Å². The minimum absolute atomic E-state index is 0.0535. The van der Waals surface area contributed by atoms with Crippen LogP contribution in [-0.4, -0.2) is 48.4 Å². The van der Waals surface area contributed by atoms with Gasteiger partial charge in [0, 0.05) is 19.2 Å². The third kappa shape index (κ3) is 3.95. The average Bonchev–Trinajstić information content (AvgIpc) is 2.82. The summed E-state index contributed by atoms with van der Waals surface area (Å²) in [5.41, 5.74) is 2.25. The van der Waals surface area contributed by atoms with Crippen molar-refractivity contribution in [3.05, 3.63) is 35.4 Å². The predicted molar refractivity (Wildman–Crippen MR) is 93.0 cm³/mol. The van der Waals surface area contributed by atoms with E-state index in [0.717, 1.165) is 31.6 Å². The van der Waals surface area contributed by atoms with Crippen molar-refractivity contribution in [1.29, 1.82) is 0 Å². The summed E-state index contributed by atoms with van der Waals surface area (Å²) in [5, 5.41) is 0. The van der Waals surface area contributed by atoms with Crippen LogP contribution >= 0.6 is 0 Å². The standard InChI is InChI=1S/C20H26N2O/c1-16-7-6-8-17(13-16)9-10-19-14-18(20(23)21(19)2)15-22-11-4-3-5-12-22/h6-8,13,18-19H,3-5,11-12,14-15H2,1-2H3/t18-,19-/m1/s1. The molecule has 0 bridgehead atoms. The molecule has 2 atom stereocenters. The summed E-state index contributed by atoms with van der Waals surface area (Å²) in [5.74, 6) is 6.94. The molecule has 122 valence electrons. The lowest BCUT2D eigenvalue weighted by atomic mass is 10.0. The van der Waals surface area contributed by atoms with Crippen molar-refractivity contribution >= 4 is 5.91 Å². The Kier molecular flexibility index (Phi) is 5.03. The van der Waals surface area contributed by atoms with Crippen LogP contribution < -0.4 is 0 Å². The first-order valence-corrected chi connectivity index (χ1v) is 8.71. The predicted octanol–water partition coefficient (Wildman–Crippen LogP) is 2.68. The van der Waals surface area contributed by atoms with Gasteiger partial charge in [0.1, 0.15) is 0 Å². The van der Waals surface area contributed by atoms with Gasteiger partial charge in [-0.15, -0.1) is 0 Å². The van der Waals surface area contributed by atoms with E-state index in [4.69, 9.17) is 0 Å². The lowest BCUT2D eigenvalue weighted by molar-refractivity contribution is -0.130. The Morgan fingerprint density at radius 2 is 2.00 bits per heavy atom. The van der Waals surface area contributed by atoms with Gasteiger partial charge in [0.15, 0.2) is 0 Å². The lowest BCUT2D eigenvalue weighted by Gasteiger charge is -2.28. The molecule has 0 unspecified atom stereocenters. The van der Waals surface area contributed by atoms with Gasteiger partial charge in [0.2, 0.25) is 5.91 Å². The number of likely N-dealkylation sites (tertiary alicyclic amines) is 2. The molecular weight excluding hydrogens is 284 g/mol. The zero-order chi connectivity index (χ0) is 16.2. The van der Waals surface area contributed by atoms with E-state index >= 15 is 0 Å². The number of amides is 1. The zero-order valence-electron chi connectivity index (χ0n) is 14.2. The number of carbonyl (C=O) groups excluding carboxylic acids is 1. The second kappa shape index (κ2) is 7.19. The SMILES string of the molecule is Cc1cccc(C#C[C@@H]2C[C@H](CN3CCCCC3)C(=O)N2C)c1. The number of rotatable bonds is 2. The minimum atomic E-state index is 0.0535. The Balaban J connectivity index is 1.64. The third-order valence-electron chi connectivity index (χ3n) is 5.00. The Hall–Kier alpha value is -1.79. The molecule has 1 aromatic carbocycles. The molecule has 2 aliphatic heterocycles. The smallest absolute Gasteiger partial charge is 0.227 e. The van der Waals surface area contributed by atoms with Gasteiger partial charge in [0.05, 0.1) is 12.0 Å². The molecule has 1 aromatic rings. The lowest BCUT2D eigenvalue weighted by Crippen LogP contribution is -2.37. The van der Waals surface area contributed by atoms with E-state index in [1.807, 2.05) is 24.1 Å². The van der Waals surface area contributed by atoms with Crippen LogP contribution in [0.15, 0.2) is 24.3 Å². The molecule has 3 heteroatoms. The largest absolute Gasteiger partial charge is 0.332 e. The molecule has 3 nitrogen and oxygen atoms in total. The molecule has 3 rings (SSSR count). The number of benzene rings is 1. The topological polar surface area (TPSA) is 23.6 Å². The van der Waals surface area contributed by atoms with Crippen molar-refractivity contribution in [2.24, 2.45) is 5.92 Å². The van der Waals surface area contributed by atoms with Crippen LogP contribution in [-0.2, 0) is 4.79 Å². The van der Waals surface area contributed by atoms with Crippen LogP contribution in [0.25, 0.3) is 0 Å².